The van der Waals surface area contributed by atoms with Gasteiger partial charge < -0.3 is 15.4 Å². The van der Waals surface area contributed by atoms with Crippen LogP contribution in [0.25, 0.3) is 0 Å². The summed E-state index contributed by atoms with van der Waals surface area (Å²) in [7, 11) is 0. The van der Waals surface area contributed by atoms with Gasteiger partial charge in [0.25, 0.3) is 0 Å². The van der Waals surface area contributed by atoms with E-state index in [1.165, 1.54) is 0 Å². The van der Waals surface area contributed by atoms with Crippen molar-refractivity contribution in [2.24, 2.45) is 5.73 Å². The molecule has 0 radical (unpaired) electrons. The molecular weight excluding hydrogens is 206 g/mol. The van der Waals surface area contributed by atoms with Crippen molar-refractivity contribution in [3.63, 3.8) is 0 Å². The zero-order valence-corrected chi connectivity index (χ0v) is 10.3. The van der Waals surface area contributed by atoms with Crippen molar-refractivity contribution in [3.05, 3.63) is 0 Å². The molecule has 1 atom stereocenters. The number of hydrogen-bond acceptors (Lipinski definition) is 4. The molecule has 0 saturated carbocycles. The Morgan fingerprint density at radius 1 is 1.38 bits per heavy atom. The smallest absolute Gasteiger partial charge is 0.248 e. The first-order valence-corrected chi connectivity index (χ1v) is 5.98. The largest absolute Gasteiger partial charge is 0.372 e. The molecule has 5 heteroatoms. The topological polar surface area (TPSA) is 58.8 Å². The third-order valence-corrected chi connectivity index (χ3v) is 3.06. The molecule has 0 aromatic carbocycles. The van der Waals surface area contributed by atoms with Crippen molar-refractivity contribution in [1.82, 2.24) is 9.80 Å². The van der Waals surface area contributed by atoms with Crippen LogP contribution in [0.2, 0.25) is 0 Å². The Kier molecular flexibility index (Phi) is 5.73. The minimum Gasteiger partial charge on any atom is -0.372 e. The van der Waals surface area contributed by atoms with Gasteiger partial charge in [0.2, 0.25) is 5.91 Å². The normalized spacial score (nSPS) is 19.8. The van der Waals surface area contributed by atoms with Crippen LogP contribution in [0.1, 0.15) is 13.8 Å². The predicted molar refractivity (Wildman–Crippen MR) is 63.2 cm³/mol. The SMILES string of the molecule is CCOCC(=O)N1CCN(C(C)CN)CC1. The summed E-state index contributed by atoms with van der Waals surface area (Å²) in [6.45, 7) is 8.90. The van der Waals surface area contributed by atoms with Gasteiger partial charge in [-0.05, 0) is 13.8 Å². The summed E-state index contributed by atoms with van der Waals surface area (Å²) in [6.07, 6.45) is 0. The van der Waals surface area contributed by atoms with E-state index in [1.807, 2.05) is 11.8 Å². The molecule has 0 aliphatic carbocycles. The Labute approximate surface area is 97.5 Å². The van der Waals surface area contributed by atoms with Crippen LogP contribution in [0, 0.1) is 0 Å². The maximum Gasteiger partial charge on any atom is 0.248 e. The highest BCUT2D eigenvalue weighted by Crippen LogP contribution is 2.05. The Bertz CT molecular complexity index is 215. The summed E-state index contributed by atoms with van der Waals surface area (Å²) in [6, 6.07) is 0.407. The van der Waals surface area contributed by atoms with Crippen molar-refractivity contribution < 1.29 is 9.53 Å². The second kappa shape index (κ2) is 6.83. The number of amides is 1. The Morgan fingerprint density at radius 2 is 2.00 bits per heavy atom. The fourth-order valence-electron chi connectivity index (χ4n) is 1.84. The average Bonchev–Trinajstić information content (AvgIpc) is 2.35. The number of nitrogens with zero attached hydrogens (tertiary/aromatic N) is 2. The number of ether oxygens (including phenoxy) is 1. The highest BCUT2D eigenvalue weighted by molar-refractivity contribution is 5.77. The molecule has 1 aliphatic heterocycles. The van der Waals surface area contributed by atoms with Gasteiger partial charge in [0.15, 0.2) is 0 Å². The van der Waals surface area contributed by atoms with Crippen molar-refractivity contribution in [2.75, 3.05) is 45.9 Å². The van der Waals surface area contributed by atoms with Gasteiger partial charge in [-0.25, -0.2) is 0 Å². The van der Waals surface area contributed by atoms with Crippen LogP contribution < -0.4 is 5.73 Å². The number of carbonyl (C=O) groups excluding carboxylic acids is 1. The summed E-state index contributed by atoms with van der Waals surface area (Å²) in [5, 5.41) is 0. The van der Waals surface area contributed by atoms with Gasteiger partial charge in [-0.15, -0.1) is 0 Å². The van der Waals surface area contributed by atoms with Crippen LogP contribution in [0.5, 0.6) is 0 Å². The van der Waals surface area contributed by atoms with Gasteiger partial charge in [0.05, 0.1) is 0 Å². The number of hydrogen-bond donors (Lipinski definition) is 1. The molecule has 1 amide bonds. The molecular formula is C11H23N3O2. The monoisotopic (exact) mass is 229 g/mol. The lowest BCUT2D eigenvalue weighted by atomic mass is 10.2. The first-order chi connectivity index (χ1) is 7.69. The lowest BCUT2D eigenvalue weighted by Gasteiger charge is -2.37. The van der Waals surface area contributed by atoms with Gasteiger partial charge in [-0.2, -0.15) is 0 Å². The fraction of sp³-hybridized carbons (Fsp3) is 0.909. The minimum atomic E-state index is 0.0990. The molecule has 16 heavy (non-hydrogen) atoms. The Hall–Kier alpha value is -0.650. The summed E-state index contributed by atoms with van der Waals surface area (Å²) >= 11 is 0. The van der Waals surface area contributed by atoms with E-state index in [9.17, 15) is 4.79 Å². The van der Waals surface area contributed by atoms with Crippen LogP contribution in [0.3, 0.4) is 0 Å². The van der Waals surface area contributed by atoms with Crippen LogP contribution in [0.15, 0.2) is 0 Å². The molecule has 0 bridgehead atoms. The molecule has 1 unspecified atom stereocenters. The highest BCUT2D eigenvalue weighted by Gasteiger charge is 2.23. The maximum absolute atomic E-state index is 11.7. The van der Waals surface area contributed by atoms with Crippen LogP contribution in [0.4, 0.5) is 0 Å². The second-order valence-electron chi connectivity index (χ2n) is 4.14. The molecule has 1 rings (SSSR count). The summed E-state index contributed by atoms with van der Waals surface area (Å²) in [5.41, 5.74) is 5.62. The molecule has 0 aromatic rings. The second-order valence-corrected chi connectivity index (χ2v) is 4.14. The van der Waals surface area contributed by atoms with E-state index in [1.54, 1.807) is 0 Å². The predicted octanol–water partition coefficient (Wildman–Crippen LogP) is -0.486. The van der Waals surface area contributed by atoms with Gasteiger partial charge in [-0.3, -0.25) is 9.69 Å². The molecule has 94 valence electrons. The third kappa shape index (κ3) is 3.73. The number of carbonyl (C=O) groups is 1. The standard InChI is InChI=1S/C11H23N3O2/c1-3-16-9-11(15)14-6-4-13(5-7-14)10(2)8-12/h10H,3-9,12H2,1-2H3. The Balaban J connectivity index is 2.28. The average molecular weight is 229 g/mol. The lowest BCUT2D eigenvalue weighted by Crippen LogP contribution is -2.53. The zero-order chi connectivity index (χ0) is 12.0. The zero-order valence-electron chi connectivity index (χ0n) is 10.3. The summed E-state index contributed by atoms with van der Waals surface area (Å²) in [5.74, 6) is 0.0990. The maximum atomic E-state index is 11.7. The molecule has 2 N–H and O–H groups in total. The van der Waals surface area contributed by atoms with Crippen molar-refractivity contribution in [2.45, 2.75) is 19.9 Å². The van der Waals surface area contributed by atoms with Gasteiger partial charge in [0.1, 0.15) is 6.61 Å². The fourth-order valence-corrected chi connectivity index (χ4v) is 1.84. The molecule has 5 nitrogen and oxygen atoms in total. The van der Waals surface area contributed by atoms with Crippen molar-refractivity contribution >= 4 is 5.91 Å². The molecule has 0 aromatic heterocycles. The lowest BCUT2D eigenvalue weighted by molar-refractivity contribution is -0.138. The quantitative estimate of drug-likeness (QED) is 0.691. The summed E-state index contributed by atoms with van der Waals surface area (Å²) in [4.78, 5) is 15.9. The van der Waals surface area contributed by atoms with Crippen molar-refractivity contribution in [3.8, 4) is 0 Å². The van der Waals surface area contributed by atoms with Crippen molar-refractivity contribution in [1.29, 1.82) is 0 Å². The Morgan fingerprint density at radius 3 is 2.50 bits per heavy atom. The van der Waals surface area contributed by atoms with Gasteiger partial charge in [0, 0.05) is 45.4 Å². The van der Waals surface area contributed by atoms with Crippen LogP contribution in [-0.2, 0) is 9.53 Å². The number of piperazine rings is 1. The minimum absolute atomic E-state index is 0.0990. The highest BCUT2D eigenvalue weighted by atomic mass is 16.5. The molecule has 1 fully saturated rings. The molecule has 0 spiro atoms. The molecule has 1 heterocycles. The van der Waals surface area contributed by atoms with E-state index in [2.05, 4.69) is 11.8 Å². The van der Waals surface area contributed by atoms with E-state index in [4.69, 9.17) is 10.5 Å². The van der Waals surface area contributed by atoms with E-state index in [0.29, 0.717) is 19.2 Å². The molecule has 1 aliphatic rings. The van der Waals surface area contributed by atoms with E-state index >= 15 is 0 Å². The third-order valence-electron chi connectivity index (χ3n) is 3.06. The first kappa shape index (κ1) is 13.4. The van der Waals surface area contributed by atoms with Gasteiger partial charge >= 0.3 is 0 Å². The van der Waals surface area contributed by atoms with E-state index < -0.39 is 0 Å². The van der Waals surface area contributed by atoms with E-state index in [0.717, 1.165) is 26.2 Å². The van der Waals surface area contributed by atoms with E-state index in [-0.39, 0.29) is 12.5 Å². The van der Waals surface area contributed by atoms with Crippen LogP contribution >= 0.6 is 0 Å². The first-order valence-electron chi connectivity index (χ1n) is 5.98. The van der Waals surface area contributed by atoms with Gasteiger partial charge in [-0.1, -0.05) is 0 Å². The summed E-state index contributed by atoms with van der Waals surface area (Å²) < 4.78 is 5.12. The number of nitrogens with two attached hydrogens (primary N) is 1. The van der Waals surface area contributed by atoms with Crippen LogP contribution in [-0.4, -0.2) is 67.7 Å². The number of rotatable bonds is 5. The molecule has 1 saturated heterocycles.